The maximum atomic E-state index is 13.3. The second-order valence-corrected chi connectivity index (χ2v) is 8.68. The van der Waals surface area contributed by atoms with E-state index in [1.165, 1.54) is 0 Å². The van der Waals surface area contributed by atoms with Crippen LogP contribution in [0.1, 0.15) is 73.0 Å². The van der Waals surface area contributed by atoms with E-state index < -0.39 is 5.97 Å². The number of benzene rings is 2. The molecule has 0 spiro atoms. The van der Waals surface area contributed by atoms with Gasteiger partial charge in [0.05, 0.1) is 18.7 Å². The summed E-state index contributed by atoms with van der Waals surface area (Å²) in [6.07, 6.45) is 2.12. The Bertz CT molecular complexity index is 1090. The van der Waals surface area contributed by atoms with E-state index in [2.05, 4.69) is 12.2 Å². The van der Waals surface area contributed by atoms with Crippen molar-refractivity contribution in [3.8, 4) is 0 Å². The number of nitrogens with one attached hydrogen (secondary N) is 1. The number of nitrogens with zero attached hydrogens (tertiary/aromatic N) is 1. The van der Waals surface area contributed by atoms with Gasteiger partial charge in [-0.05, 0) is 50.5 Å². The fourth-order valence-corrected chi connectivity index (χ4v) is 4.32. The van der Waals surface area contributed by atoms with E-state index in [-0.39, 0.29) is 37.3 Å². The molecular weight excluding hydrogens is 428 g/mol. The van der Waals surface area contributed by atoms with Gasteiger partial charge in [0.1, 0.15) is 0 Å². The summed E-state index contributed by atoms with van der Waals surface area (Å²) in [6.45, 7) is 8.82. The van der Waals surface area contributed by atoms with E-state index in [9.17, 15) is 14.4 Å². The van der Waals surface area contributed by atoms with Crippen molar-refractivity contribution < 1.29 is 19.1 Å². The largest absolute Gasteiger partial charge is 0.463 e. The third-order valence-corrected chi connectivity index (χ3v) is 6.11. The highest BCUT2D eigenvalue weighted by Gasteiger charge is 2.37. The Morgan fingerprint density at radius 3 is 2.56 bits per heavy atom. The van der Waals surface area contributed by atoms with Crippen molar-refractivity contribution in [1.82, 2.24) is 10.2 Å². The molecule has 1 N–H and O–H groups in total. The Kier molecular flexibility index (Phi) is 8.63. The van der Waals surface area contributed by atoms with Gasteiger partial charge in [-0.15, -0.1) is 0 Å². The minimum absolute atomic E-state index is 0.0603. The van der Waals surface area contributed by atoms with Crippen LogP contribution in [0.15, 0.2) is 59.8 Å². The topological polar surface area (TPSA) is 75.7 Å². The molecule has 2 aromatic rings. The van der Waals surface area contributed by atoms with Crippen molar-refractivity contribution in [2.45, 2.75) is 59.4 Å². The summed E-state index contributed by atoms with van der Waals surface area (Å²) in [7, 11) is 0. The lowest BCUT2D eigenvalue weighted by atomic mass is 9.83. The lowest BCUT2D eigenvalue weighted by Gasteiger charge is -2.34. The second kappa shape index (κ2) is 11.6. The van der Waals surface area contributed by atoms with Crippen LogP contribution >= 0.6 is 0 Å². The number of carbonyl (C=O) groups is 3. The van der Waals surface area contributed by atoms with Crippen molar-refractivity contribution in [2.75, 3.05) is 13.2 Å². The molecule has 34 heavy (non-hydrogen) atoms. The predicted octanol–water partition coefficient (Wildman–Crippen LogP) is 4.88. The maximum absolute atomic E-state index is 13.3. The van der Waals surface area contributed by atoms with Crippen molar-refractivity contribution >= 4 is 17.8 Å². The van der Waals surface area contributed by atoms with Gasteiger partial charge in [-0.2, -0.15) is 0 Å². The van der Waals surface area contributed by atoms with E-state index in [4.69, 9.17) is 4.74 Å². The first-order valence-corrected chi connectivity index (χ1v) is 12.0. The summed E-state index contributed by atoms with van der Waals surface area (Å²) >= 11 is 0. The monoisotopic (exact) mass is 462 g/mol. The van der Waals surface area contributed by atoms with Crippen LogP contribution in [0.2, 0.25) is 0 Å². The van der Waals surface area contributed by atoms with E-state index in [1.807, 2.05) is 43.3 Å². The van der Waals surface area contributed by atoms with Crippen LogP contribution in [0.3, 0.4) is 0 Å². The highest BCUT2D eigenvalue weighted by Crippen LogP contribution is 2.38. The zero-order valence-electron chi connectivity index (χ0n) is 20.5. The zero-order valence-corrected chi connectivity index (χ0v) is 20.5. The summed E-state index contributed by atoms with van der Waals surface area (Å²) in [6, 6.07) is 15.2. The molecule has 6 nitrogen and oxygen atoms in total. The minimum atomic E-state index is -0.395. The number of unbranched alkanes of at least 4 members (excludes halogenated alkanes) is 1. The summed E-state index contributed by atoms with van der Waals surface area (Å²) < 4.78 is 5.38. The molecule has 3 rings (SSSR count). The first-order valence-electron chi connectivity index (χ1n) is 12.0. The van der Waals surface area contributed by atoms with Crippen LogP contribution in [0.25, 0.3) is 0 Å². The summed E-state index contributed by atoms with van der Waals surface area (Å²) in [4.78, 5) is 40.3. The number of hydrogen-bond acceptors (Lipinski definition) is 4. The fraction of sp³-hybridized carbons (Fsp3) is 0.393. The molecule has 1 aliphatic heterocycles. The van der Waals surface area contributed by atoms with Crippen LogP contribution in [0, 0.1) is 6.92 Å². The Labute approximate surface area is 202 Å². The summed E-state index contributed by atoms with van der Waals surface area (Å²) in [5, 5.41) is 2.92. The zero-order chi connectivity index (χ0) is 24.7. The number of amides is 2. The van der Waals surface area contributed by atoms with Gasteiger partial charge in [-0.25, -0.2) is 4.79 Å². The van der Waals surface area contributed by atoms with E-state index >= 15 is 0 Å². The van der Waals surface area contributed by atoms with E-state index in [0.717, 1.165) is 29.5 Å². The fourth-order valence-electron chi connectivity index (χ4n) is 4.32. The lowest BCUT2D eigenvalue weighted by molar-refractivity contribution is -0.140. The smallest absolute Gasteiger partial charge is 0.336 e. The van der Waals surface area contributed by atoms with Gasteiger partial charge < -0.3 is 15.0 Å². The third kappa shape index (κ3) is 5.93. The molecule has 2 aromatic carbocycles. The van der Waals surface area contributed by atoms with Gasteiger partial charge in [0.2, 0.25) is 5.91 Å². The Hall–Kier alpha value is -3.41. The van der Waals surface area contributed by atoms with Gasteiger partial charge >= 0.3 is 5.97 Å². The standard InChI is InChI=1S/C28H34N2O4/c1-5-7-14-29-27(32)23-13-9-11-21(16-23)18-30-20(4)26(28(33)34-6-2)24(17-25(30)31)22-12-8-10-19(3)15-22/h8-13,15-16,24H,5-7,14,17-18H2,1-4H3,(H,29,32). The van der Waals surface area contributed by atoms with Gasteiger partial charge in [-0.3, -0.25) is 9.59 Å². The molecule has 6 heteroatoms. The van der Waals surface area contributed by atoms with Crippen LogP contribution in [-0.2, 0) is 20.9 Å². The number of allylic oxidation sites excluding steroid dienone is 1. The Morgan fingerprint density at radius 2 is 1.85 bits per heavy atom. The molecule has 0 aromatic heterocycles. The van der Waals surface area contributed by atoms with Crippen molar-refractivity contribution in [2.24, 2.45) is 0 Å². The van der Waals surface area contributed by atoms with Gasteiger partial charge in [0.15, 0.2) is 0 Å². The number of ether oxygens (including phenoxy) is 1. The number of rotatable bonds is 9. The molecule has 1 aliphatic rings. The molecule has 2 amide bonds. The van der Waals surface area contributed by atoms with E-state index in [1.54, 1.807) is 30.9 Å². The highest BCUT2D eigenvalue weighted by atomic mass is 16.5. The molecule has 0 bridgehead atoms. The van der Waals surface area contributed by atoms with Crippen LogP contribution in [0.5, 0.6) is 0 Å². The Balaban J connectivity index is 1.91. The Morgan fingerprint density at radius 1 is 1.09 bits per heavy atom. The molecule has 0 fully saturated rings. The first-order chi connectivity index (χ1) is 16.3. The molecule has 0 saturated carbocycles. The first kappa shape index (κ1) is 25.2. The molecular formula is C28H34N2O4. The SMILES string of the molecule is CCCCNC(=O)c1cccc(CN2C(=O)CC(c3cccc(C)c3)C(C(=O)OCC)=C2C)c1. The molecule has 1 heterocycles. The van der Waals surface area contributed by atoms with Crippen LogP contribution < -0.4 is 5.32 Å². The second-order valence-electron chi connectivity index (χ2n) is 8.68. The van der Waals surface area contributed by atoms with Crippen molar-refractivity contribution in [3.05, 3.63) is 82.1 Å². The predicted molar refractivity (Wildman–Crippen MR) is 132 cm³/mol. The normalized spacial score (nSPS) is 15.9. The van der Waals surface area contributed by atoms with Gasteiger partial charge in [0.25, 0.3) is 5.91 Å². The summed E-state index contributed by atoms with van der Waals surface area (Å²) in [5.41, 5.74) is 4.50. The average Bonchev–Trinajstić information content (AvgIpc) is 2.81. The molecule has 0 aliphatic carbocycles. The molecule has 1 unspecified atom stereocenters. The van der Waals surface area contributed by atoms with Gasteiger partial charge in [-0.1, -0.05) is 55.3 Å². The molecule has 0 radical (unpaired) electrons. The summed E-state index contributed by atoms with van der Waals surface area (Å²) in [5.74, 6) is -0.930. The number of aryl methyl sites for hydroxylation is 1. The van der Waals surface area contributed by atoms with Crippen LogP contribution in [0.4, 0.5) is 0 Å². The van der Waals surface area contributed by atoms with E-state index in [0.29, 0.717) is 23.4 Å². The van der Waals surface area contributed by atoms with Crippen molar-refractivity contribution in [3.63, 3.8) is 0 Å². The molecule has 0 saturated heterocycles. The lowest BCUT2D eigenvalue weighted by Crippen LogP contribution is -2.38. The maximum Gasteiger partial charge on any atom is 0.336 e. The number of hydrogen-bond donors (Lipinski definition) is 1. The van der Waals surface area contributed by atoms with Gasteiger partial charge in [0, 0.05) is 30.1 Å². The number of esters is 1. The van der Waals surface area contributed by atoms with Crippen molar-refractivity contribution in [1.29, 1.82) is 0 Å². The minimum Gasteiger partial charge on any atom is -0.463 e. The molecule has 180 valence electrons. The average molecular weight is 463 g/mol. The van der Waals surface area contributed by atoms with Crippen LogP contribution in [-0.4, -0.2) is 35.8 Å². The highest BCUT2D eigenvalue weighted by molar-refractivity contribution is 5.96. The number of carbonyl (C=O) groups excluding carboxylic acids is 3. The third-order valence-electron chi connectivity index (χ3n) is 6.11. The quantitative estimate of drug-likeness (QED) is 0.426. The molecule has 1 atom stereocenters.